The minimum absolute atomic E-state index is 0.189. The molecule has 0 aliphatic heterocycles. The van der Waals surface area contributed by atoms with E-state index < -0.39 is 5.41 Å². The van der Waals surface area contributed by atoms with Gasteiger partial charge in [-0.05, 0) is 36.8 Å². The maximum atomic E-state index is 13.7. The number of para-hydroxylation sites is 1. The number of pyridine rings is 1. The monoisotopic (exact) mass is 416 g/mol. The van der Waals surface area contributed by atoms with Crippen LogP contribution < -0.4 is 5.32 Å². The van der Waals surface area contributed by atoms with Gasteiger partial charge in [-0.15, -0.1) is 0 Å². The fraction of sp³-hybridized carbons (Fsp3) is 0.240. The van der Waals surface area contributed by atoms with Crippen molar-refractivity contribution < 1.29 is 9.18 Å². The van der Waals surface area contributed by atoms with E-state index in [1.165, 1.54) is 12.1 Å². The van der Waals surface area contributed by atoms with E-state index in [9.17, 15) is 9.18 Å². The molecule has 0 unspecified atom stereocenters. The summed E-state index contributed by atoms with van der Waals surface area (Å²) >= 11 is 0. The third-order valence-corrected chi connectivity index (χ3v) is 5.55. The summed E-state index contributed by atoms with van der Waals surface area (Å²) in [6, 6.07) is 15.9. The van der Waals surface area contributed by atoms with Gasteiger partial charge < -0.3 is 5.32 Å². The molecule has 0 spiro atoms. The van der Waals surface area contributed by atoms with Crippen LogP contribution in [0.3, 0.4) is 0 Å². The summed E-state index contributed by atoms with van der Waals surface area (Å²) in [6.45, 7) is 6.26. The quantitative estimate of drug-likeness (QED) is 0.509. The van der Waals surface area contributed by atoms with Crippen molar-refractivity contribution >= 4 is 16.8 Å². The standard InChI is InChI=1S/C25H25FN4O/c1-16-21(14-30(4)29-16)23-13-20(19-10-5-6-11-22(19)28-23)24(31)27-15-25(2,3)17-8-7-9-18(26)12-17/h5-14H,15H2,1-4H3,(H,27,31). The van der Waals surface area contributed by atoms with Gasteiger partial charge in [0.05, 0.1) is 22.5 Å². The first-order chi connectivity index (χ1) is 14.7. The SMILES string of the molecule is Cc1nn(C)cc1-c1cc(C(=O)NCC(C)(C)c2cccc(F)c2)c2ccccc2n1. The Bertz CT molecular complexity index is 1280. The molecule has 2 aromatic heterocycles. The second kappa shape index (κ2) is 7.95. The van der Waals surface area contributed by atoms with Crippen LogP contribution in [-0.2, 0) is 12.5 Å². The molecule has 1 amide bonds. The van der Waals surface area contributed by atoms with Crippen molar-refractivity contribution in [2.24, 2.45) is 7.05 Å². The van der Waals surface area contributed by atoms with Gasteiger partial charge in [0.1, 0.15) is 5.82 Å². The highest BCUT2D eigenvalue weighted by Gasteiger charge is 2.23. The zero-order valence-electron chi connectivity index (χ0n) is 18.1. The van der Waals surface area contributed by atoms with E-state index in [1.54, 1.807) is 10.7 Å². The summed E-state index contributed by atoms with van der Waals surface area (Å²) in [5.74, 6) is -0.473. The Hall–Kier alpha value is -3.54. The van der Waals surface area contributed by atoms with Crippen molar-refractivity contribution in [3.05, 3.63) is 83.4 Å². The lowest BCUT2D eigenvalue weighted by Crippen LogP contribution is -2.36. The Morgan fingerprint density at radius 1 is 1.13 bits per heavy atom. The molecule has 0 atom stereocenters. The molecule has 5 nitrogen and oxygen atoms in total. The Morgan fingerprint density at radius 2 is 1.90 bits per heavy atom. The number of aromatic nitrogens is 3. The van der Waals surface area contributed by atoms with Crippen LogP contribution in [0.25, 0.3) is 22.2 Å². The second-order valence-electron chi connectivity index (χ2n) is 8.45. The number of nitrogens with one attached hydrogen (secondary N) is 1. The molecule has 4 rings (SSSR count). The zero-order chi connectivity index (χ0) is 22.2. The Balaban J connectivity index is 1.68. The highest BCUT2D eigenvalue weighted by Crippen LogP contribution is 2.27. The molecular weight excluding hydrogens is 391 g/mol. The van der Waals surface area contributed by atoms with Gasteiger partial charge in [0, 0.05) is 36.2 Å². The van der Waals surface area contributed by atoms with Crippen LogP contribution in [0.15, 0.2) is 60.8 Å². The van der Waals surface area contributed by atoms with Crippen LogP contribution in [-0.4, -0.2) is 27.2 Å². The molecule has 2 heterocycles. The van der Waals surface area contributed by atoms with E-state index in [0.717, 1.165) is 27.7 Å². The number of carbonyl (C=O) groups is 1. The van der Waals surface area contributed by atoms with Crippen LogP contribution in [0.4, 0.5) is 4.39 Å². The van der Waals surface area contributed by atoms with Gasteiger partial charge in [0.25, 0.3) is 5.91 Å². The molecule has 0 aliphatic carbocycles. The largest absolute Gasteiger partial charge is 0.351 e. The maximum Gasteiger partial charge on any atom is 0.252 e. The van der Waals surface area contributed by atoms with Crippen LogP contribution >= 0.6 is 0 Å². The maximum absolute atomic E-state index is 13.7. The van der Waals surface area contributed by atoms with Gasteiger partial charge in [0.2, 0.25) is 0 Å². The van der Waals surface area contributed by atoms with E-state index in [1.807, 2.05) is 70.4 Å². The molecule has 158 valence electrons. The van der Waals surface area contributed by atoms with Crippen molar-refractivity contribution in [1.29, 1.82) is 0 Å². The van der Waals surface area contributed by atoms with E-state index >= 15 is 0 Å². The molecule has 0 radical (unpaired) electrons. The molecule has 0 saturated heterocycles. The highest BCUT2D eigenvalue weighted by molar-refractivity contribution is 6.07. The van der Waals surface area contributed by atoms with Crippen LogP contribution in [0.1, 0.15) is 35.5 Å². The smallest absolute Gasteiger partial charge is 0.252 e. The van der Waals surface area contributed by atoms with Gasteiger partial charge in [-0.1, -0.05) is 44.2 Å². The molecule has 2 aromatic carbocycles. The molecule has 0 bridgehead atoms. The Labute approximate surface area is 180 Å². The normalized spacial score (nSPS) is 11.6. The first kappa shape index (κ1) is 20.7. The minimum Gasteiger partial charge on any atom is -0.351 e. The van der Waals surface area contributed by atoms with Crippen LogP contribution in [0.5, 0.6) is 0 Å². The number of carbonyl (C=O) groups excluding carboxylic acids is 1. The molecule has 0 aliphatic rings. The highest BCUT2D eigenvalue weighted by atomic mass is 19.1. The van der Waals surface area contributed by atoms with Gasteiger partial charge in [-0.2, -0.15) is 5.10 Å². The van der Waals surface area contributed by atoms with E-state index in [4.69, 9.17) is 4.98 Å². The van der Waals surface area contributed by atoms with Crippen molar-refractivity contribution in [2.75, 3.05) is 6.54 Å². The topological polar surface area (TPSA) is 59.8 Å². The molecule has 1 N–H and O–H groups in total. The van der Waals surface area contributed by atoms with Gasteiger partial charge in [-0.3, -0.25) is 9.48 Å². The predicted molar refractivity (Wildman–Crippen MR) is 120 cm³/mol. The average Bonchev–Trinajstić information content (AvgIpc) is 3.09. The lowest BCUT2D eigenvalue weighted by Gasteiger charge is -2.26. The molecule has 4 aromatic rings. The van der Waals surface area contributed by atoms with E-state index in [0.29, 0.717) is 17.8 Å². The summed E-state index contributed by atoms with van der Waals surface area (Å²) in [4.78, 5) is 18.0. The van der Waals surface area contributed by atoms with E-state index in [-0.39, 0.29) is 11.7 Å². The molecular formula is C25H25FN4O. The van der Waals surface area contributed by atoms with Gasteiger partial charge in [-0.25, -0.2) is 9.37 Å². The third-order valence-electron chi connectivity index (χ3n) is 5.55. The van der Waals surface area contributed by atoms with Crippen LogP contribution in [0.2, 0.25) is 0 Å². The minimum atomic E-state index is -0.427. The van der Waals surface area contributed by atoms with Crippen molar-refractivity contribution in [2.45, 2.75) is 26.2 Å². The third kappa shape index (κ3) is 4.19. The molecule has 0 saturated carbocycles. The number of hydrogen-bond donors (Lipinski definition) is 1. The number of halogens is 1. The fourth-order valence-corrected chi connectivity index (χ4v) is 3.76. The Morgan fingerprint density at radius 3 is 2.61 bits per heavy atom. The number of amides is 1. The summed E-state index contributed by atoms with van der Waals surface area (Å²) in [5.41, 5.74) is 4.16. The number of rotatable bonds is 5. The first-order valence-corrected chi connectivity index (χ1v) is 10.2. The summed E-state index contributed by atoms with van der Waals surface area (Å²) in [5, 5.41) is 8.22. The average molecular weight is 417 g/mol. The number of fused-ring (bicyclic) bond motifs is 1. The predicted octanol–water partition coefficient (Wildman–Crippen LogP) is 4.79. The molecule has 31 heavy (non-hydrogen) atoms. The zero-order valence-corrected chi connectivity index (χ0v) is 18.1. The lowest BCUT2D eigenvalue weighted by atomic mass is 9.84. The molecule has 0 fully saturated rings. The van der Waals surface area contributed by atoms with Gasteiger partial charge in [0.15, 0.2) is 0 Å². The fourth-order valence-electron chi connectivity index (χ4n) is 3.76. The van der Waals surface area contributed by atoms with E-state index in [2.05, 4.69) is 10.4 Å². The number of benzene rings is 2. The first-order valence-electron chi connectivity index (χ1n) is 10.2. The van der Waals surface area contributed by atoms with Crippen molar-refractivity contribution in [3.63, 3.8) is 0 Å². The number of nitrogens with zero attached hydrogens (tertiary/aromatic N) is 3. The summed E-state index contributed by atoms with van der Waals surface area (Å²) < 4.78 is 15.4. The Kier molecular flexibility index (Phi) is 5.31. The summed E-state index contributed by atoms with van der Waals surface area (Å²) in [6.07, 6.45) is 1.90. The van der Waals surface area contributed by atoms with Gasteiger partial charge >= 0.3 is 0 Å². The van der Waals surface area contributed by atoms with Crippen molar-refractivity contribution in [3.8, 4) is 11.3 Å². The molecule has 6 heteroatoms. The number of hydrogen-bond acceptors (Lipinski definition) is 3. The lowest BCUT2D eigenvalue weighted by molar-refractivity contribution is 0.0947. The van der Waals surface area contributed by atoms with Crippen molar-refractivity contribution in [1.82, 2.24) is 20.1 Å². The van der Waals surface area contributed by atoms with Crippen LogP contribution in [0, 0.1) is 12.7 Å². The second-order valence-corrected chi connectivity index (χ2v) is 8.45. The number of aryl methyl sites for hydroxylation is 2. The summed E-state index contributed by atoms with van der Waals surface area (Å²) in [7, 11) is 1.86.